The predicted octanol–water partition coefficient (Wildman–Crippen LogP) is 1.28. The number of carbonyl (C=O) groups is 1. The number of ether oxygens (including phenoxy) is 3. The molecule has 2 aliphatic rings. The summed E-state index contributed by atoms with van der Waals surface area (Å²) in [6.45, 7) is 2.81. The number of fused-ring (bicyclic) bond motifs is 5. The summed E-state index contributed by atoms with van der Waals surface area (Å²) in [5, 5.41) is 11.4. The zero-order valence-electron chi connectivity index (χ0n) is 20.7. The van der Waals surface area contributed by atoms with E-state index in [9.17, 15) is 13.2 Å². The quantitative estimate of drug-likeness (QED) is 0.534. The number of sulfone groups is 1. The van der Waals surface area contributed by atoms with Crippen LogP contribution in [0.3, 0.4) is 0 Å². The van der Waals surface area contributed by atoms with E-state index in [1.165, 1.54) is 6.26 Å². The molecule has 196 valence electrons. The SMILES string of the molecule is COc1ccc2cc1OCCn1cc(nn1)CO[C@H]1CN(Cc3ccc(S(C)(=O)=O)cc3)C[C@@H]1NC2=O. The van der Waals surface area contributed by atoms with Crippen LogP contribution in [-0.4, -0.2) is 79.4 Å². The normalized spacial score (nSPS) is 20.8. The smallest absolute Gasteiger partial charge is 0.251 e. The van der Waals surface area contributed by atoms with Gasteiger partial charge < -0.3 is 19.5 Å². The Morgan fingerprint density at radius 3 is 2.73 bits per heavy atom. The summed E-state index contributed by atoms with van der Waals surface area (Å²) in [6, 6.07) is 11.7. The average Bonchev–Trinajstić information content (AvgIpc) is 3.48. The van der Waals surface area contributed by atoms with Crippen LogP contribution in [0, 0.1) is 0 Å². The molecule has 0 radical (unpaired) electrons. The molecule has 0 saturated carbocycles. The fourth-order valence-corrected chi connectivity index (χ4v) is 5.16. The Bertz CT molecular complexity index is 1370. The number of methoxy groups -OCH3 is 1. The second-order valence-corrected chi connectivity index (χ2v) is 11.2. The van der Waals surface area contributed by atoms with Crippen LogP contribution < -0.4 is 14.8 Å². The highest BCUT2D eigenvalue weighted by molar-refractivity contribution is 7.90. The van der Waals surface area contributed by atoms with Gasteiger partial charge in [-0.1, -0.05) is 17.3 Å². The fourth-order valence-electron chi connectivity index (χ4n) is 4.53. The molecule has 2 aromatic carbocycles. The zero-order valence-corrected chi connectivity index (χ0v) is 21.5. The highest BCUT2D eigenvalue weighted by Gasteiger charge is 2.35. The Hall–Kier alpha value is -3.48. The summed E-state index contributed by atoms with van der Waals surface area (Å²) < 4.78 is 42.7. The predicted molar refractivity (Wildman–Crippen MR) is 133 cm³/mol. The van der Waals surface area contributed by atoms with Gasteiger partial charge in [-0.05, 0) is 35.9 Å². The lowest BCUT2D eigenvalue weighted by Crippen LogP contribution is -2.44. The van der Waals surface area contributed by atoms with Gasteiger partial charge in [-0.3, -0.25) is 9.69 Å². The molecule has 0 aliphatic carbocycles. The molecule has 1 amide bonds. The molecule has 1 saturated heterocycles. The van der Waals surface area contributed by atoms with E-state index in [1.54, 1.807) is 42.1 Å². The molecule has 4 bridgehead atoms. The fraction of sp³-hybridized carbons (Fsp3) is 0.400. The summed E-state index contributed by atoms with van der Waals surface area (Å²) in [5.74, 6) is 0.781. The van der Waals surface area contributed by atoms with Crippen molar-refractivity contribution in [2.24, 2.45) is 0 Å². The van der Waals surface area contributed by atoms with Crippen LogP contribution in [0.15, 0.2) is 53.6 Å². The van der Waals surface area contributed by atoms with Crippen LogP contribution in [0.25, 0.3) is 0 Å². The average molecular weight is 528 g/mol. The van der Waals surface area contributed by atoms with Crippen LogP contribution in [0.4, 0.5) is 0 Å². The molecule has 12 heteroatoms. The number of amides is 1. The van der Waals surface area contributed by atoms with Gasteiger partial charge in [0.2, 0.25) is 0 Å². The highest BCUT2D eigenvalue weighted by Crippen LogP contribution is 2.28. The van der Waals surface area contributed by atoms with E-state index >= 15 is 0 Å². The lowest BCUT2D eigenvalue weighted by molar-refractivity contribution is 0.0293. The van der Waals surface area contributed by atoms with Crippen molar-refractivity contribution in [1.82, 2.24) is 25.2 Å². The number of hydrogen-bond acceptors (Lipinski definition) is 9. The number of likely N-dealkylation sites (tertiary alicyclic amines) is 1. The van der Waals surface area contributed by atoms with Gasteiger partial charge in [-0.2, -0.15) is 0 Å². The molecule has 2 aliphatic heterocycles. The largest absolute Gasteiger partial charge is 0.493 e. The number of rotatable bonds is 4. The molecule has 1 N–H and O–H groups in total. The molecular weight excluding hydrogens is 498 g/mol. The van der Waals surface area contributed by atoms with E-state index in [1.807, 2.05) is 18.3 Å². The maximum absolute atomic E-state index is 13.2. The molecule has 37 heavy (non-hydrogen) atoms. The molecule has 0 spiro atoms. The number of benzene rings is 2. The first kappa shape index (κ1) is 25.2. The molecule has 1 fully saturated rings. The second-order valence-electron chi connectivity index (χ2n) is 9.23. The third-order valence-electron chi connectivity index (χ3n) is 6.45. The second kappa shape index (κ2) is 10.5. The maximum atomic E-state index is 13.2. The van der Waals surface area contributed by atoms with Gasteiger partial charge in [-0.15, -0.1) is 5.10 Å². The van der Waals surface area contributed by atoms with E-state index in [0.29, 0.717) is 55.5 Å². The van der Waals surface area contributed by atoms with Gasteiger partial charge in [0.15, 0.2) is 21.3 Å². The number of carbonyl (C=O) groups excluding carboxylic acids is 1. The molecule has 1 aromatic heterocycles. The van der Waals surface area contributed by atoms with E-state index < -0.39 is 9.84 Å². The van der Waals surface area contributed by atoms with Gasteiger partial charge in [0.05, 0.1) is 43.5 Å². The van der Waals surface area contributed by atoms with Crippen molar-refractivity contribution in [3.8, 4) is 11.5 Å². The van der Waals surface area contributed by atoms with Crippen molar-refractivity contribution in [2.75, 3.05) is 33.1 Å². The van der Waals surface area contributed by atoms with Crippen LogP contribution in [0.2, 0.25) is 0 Å². The molecule has 11 nitrogen and oxygen atoms in total. The molecule has 5 rings (SSSR count). The summed E-state index contributed by atoms with van der Waals surface area (Å²) in [5.41, 5.74) is 2.12. The molecule has 3 heterocycles. The Balaban J connectivity index is 1.37. The Labute approximate surface area is 215 Å². The monoisotopic (exact) mass is 527 g/mol. The van der Waals surface area contributed by atoms with Gasteiger partial charge in [0.1, 0.15) is 12.3 Å². The summed E-state index contributed by atoms with van der Waals surface area (Å²) in [6.07, 6.45) is 2.74. The van der Waals surface area contributed by atoms with Crippen molar-refractivity contribution < 1.29 is 27.4 Å². The molecule has 2 atom stereocenters. The highest BCUT2D eigenvalue weighted by atomic mass is 32.2. The molecule has 0 unspecified atom stereocenters. The van der Waals surface area contributed by atoms with E-state index in [-0.39, 0.29) is 29.6 Å². The lowest BCUT2D eigenvalue weighted by atomic mass is 10.1. The number of aromatic nitrogens is 3. The lowest BCUT2D eigenvalue weighted by Gasteiger charge is -2.20. The first-order valence-electron chi connectivity index (χ1n) is 11.9. The molecule has 3 aromatic rings. The zero-order chi connectivity index (χ0) is 26.0. The van der Waals surface area contributed by atoms with Gasteiger partial charge in [-0.25, -0.2) is 13.1 Å². The van der Waals surface area contributed by atoms with Gasteiger partial charge in [0, 0.05) is 31.5 Å². The third kappa shape index (κ3) is 5.92. The Kier molecular flexibility index (Phi) is 7.13. The number of hydrogen-bond donors (Lipinski definition) is 1. The standard InChI is InChI=1S/C25H29N5O6S/c1-34-22-8-5-18-11-23(22)35-10-9-30-13-19(27-28-30)16-36-24-15-29(14-21(24)26-25(18)31)12-17-3-6-20(7-4-17)37(2,32)33/h3-8,11,13,21,24H,9-10,12,14-16H2,1-2H3,(H,26,31)/t21-,24-/m0/s1. The topological polar surface area (TPSA) is 125 Å². The van der Waals surface area contributed by atoms with E-state index in [0.717, 1.165) is 5.56 Å². The van der Waals surface area contributed by atoms with Crippen LogP contribution in [0.5, 0.6) is 11.5 Å². The first-order chi connectivity index (χ1) is 17.8. The van der Waals surface area contributed by atoms with Gasteiger partial charge in [0.25, 0.3) is 5.91 Å². The Morgan fingerprint density at radius 1 is 1.16 bits per heavy atom. The number of nitrogens with zero attached hydrogens (tertiary/aromatic N) is 4. The van der Waals surface area contributed by atoms with Crippen LogP contribution >= 0.6 is 0 Å². The summed E-state index contributed by atoms with van der Waals surface area (Å²) >= 11 is 0. The minimum Gasteiger partial charge on any atom is -0.493 e. The Morgan fingerprint density at radius 2 is 1.97 bits per heavy atom. The van der Waals surface area contributed by atoms with E-state index in [4.69, 9.17) is 14.2 Å². The van der Waals surface area contributed by atoms with Crippen molar-refractivity contribution in [1.29, 1.82) is 0 Å². The number of nitrogens with one attached hydrogen (secondary N) is 1. The minimum atomic E-state index is -3.25. The van der Waals surface area contributed by atoms with Crippen LogP contribution in [-0.2, 0) is 34.3 Å². The minimum absolute atomic E-state index is 0.232. The van der Waals surface area contributed by atoms with Crippen LogP contribution in [0.1, 0.15) is 21.6 Å². The van der Waals surface area contributed by atoms with Crippen molar-refractivity contribution in [3.63, 3.8) is 0 Å². The van der Waals surface area contributed by atoms with Gasteiger partial charge >= 0.3 is 0 Å². The molecular formula is C25H29N5O6S. The van der Waals surface area contributed by atoms with Crippen molar-refractivity contribution >= 4 is 15.7 Å². The third-order valence-corrected chi connectivity index (χ3v) is 7.58. The summed E-state index contributed by atoms with van der Waals surface area (Å²) in [7, 11) is -1.70. The maximum Gasteiger partial charge on any atom is 0.251 e. The van der Waals surface area contributed by atoms with E-state index in [2.05, 4.69) is 20.5 Å². The summed E-state index contributed by atoms with van der Waals surface area (Å²) in [4.78, 5) is 15.6. The first-order valence-corrected chi connectivity index (χ1v) is 13.8. The van der Waals surface area contributed by atoms with Crippen molar-refractivity contribution in [3.05, 3.63) is 65.5 Å². The van der Waals surface area contributed by atoms with Crippen molar-refractivity contribution in [2.45, 2.75) is 36.7 Å².